The number of nitrogens with zero attached hydrogens (tertiary/aromatic N) is 1. The molecule has 0 atom stereocenters. The summed E-state index contributed by atoms with van der Waals surface area (Å²) in [7, 11) is 0. The lowest BCUT2D eigenvalue weighted by Gasteiger charge is -2.18. The minimum absolute atomic E-state index is 0.333. The van der Waals surface area contributed by atoms with E-state index in [2.05, 4.69) is 31.1 Å². The average Bonchev–Trinajstić information content (AvgIpc) is 2.16. The van der Waals surface area contributed by atoms with E-state index in [0.717, 1.165) is 18.7 Å². The lowest BCUT2D eigenvalue weighted by molar-refractivity contribution is 0.390. The van der Waals surface area contributed by atoms with Crippen LogP contribution in [0, 0.1) is 5.41 Å². The molecule has 0 amide bonds. The summed E-state index contributed by atoms with van der Waals surface area (Å²) in [5.41, 5.74) is 7.54. The van der Waals surface area contributed by atoms with Crippen molar-refractivity contribution in [2.75, 3.05) is 11.9 Å². The Balaban J connectivity index is 2.55. The van der Waals surface area contributed by atoms with Crippen LogP contribution >= 0.6 is 12.2 Å². The van der Waals surface area contributed by atoms with Crippen molar-refractivity contribution in [2.45, 2.75) is 27.2 Å². The summed E-state index contributed by atoms with van der Waals surface area (Å²) in [6, 6.07) is 3.80. The van der Waals surface area contributed by atoms with Gasteiger partial charge in [0, 0.05) is 18.4 Å². The van der Waals surface area contributed by atoms with Gasteiger partial charge in [-0.05, 0) is 24.0 Å². The molecule has 3 N–H and O–H groups in total. The Hall–Kier alpha value is -1.16. The number of rotatable bonds is 4. The van der Waals surface area contributed by atoms with Crippen molar-refractivity contribution in [1.82, 2.24) is 4.98 Å². The van der Waals surface area contributed by atoms with Gasteiger partial charge in [-0.3, -0.25) is 4.98 Å². The molecule has 88 valence electrons. The SMILES string of the molecule is CC(C)(C)CCNc1ccnc(C(N)=S)c1. The number of nitrogens with two attached hydrogens (primary N) is 1. The van der Waals surface area contributed by atoms with Gasteiger partial charge in [0.15, 0.2) is 0 Å². The molecule has 0 aromatic carbocycles. The zero-order valence-corrected chi connectivity index (χ0v) is 10.9. The Morgan fingerprint density at radius 1 is 1.50 bits per heavy atom. The Labute approximate surface area is 102 Å². The first-order valence-corrected chi connectivity index (χ1v) is 5.79. The van der Waals surface area contributed by atoms with Crippen LogP contribution in [0.1, 0.15) is 32.9 Å². The topological polar surface area (TPSA) is 50.9 Å². The normalized spacial score (nSPS) is 11.2. The number of nitrogens with one attached hydrogen (secondary N) is 1. The second-order valence-electron chi connectivity index (χ2n) is 5.03. The van der Waals surface area contributed by atoms with Gasteiger partial charge in [-0.1, -0.05) is 33.0 Å². The van der Waals surface area contributed by atoms with Crippen molar-refractivity contribution < 1.29 is 0 Å². The predicted octanol–water partition coefficient (Wildman–Crippen LogP) is 2.56. The van der Waals surface area contributed by atoms with E-state index < -0.39 is 0 Å². The second-order valence-corrected chi connectivity index (χ2v) is 5.47. The monoisotopic (exact) mass is 237 g/mol. The van der Waals surface area contributed by atoms with Gasteiger partial charge >= 0.3 is 0 Å². The van der Waals surface area contributed by atoms with Gasteiger partial charge in [0.1, 0.15) is 4.99 Å². The van der Waals surface area contributed by atoms with Crippen molar-refractivity contribution in [3.8, 4) is 0 Å². The maximum Gasteiger partial charge on any atom is 0.122 e. The molecule has 0 aliphatic rings. The largest absolute Gasteiger partial charge is 0.388 e. The van der Waals surface area contributed by atoms with Crippen LogP contribution in [0.5, 0.6) is 0 Å². The van der Waals surface area contributed by atoms with Crippen LogP contribution in [0.25, 0.3) is 0 Å². The second kappa shape index (κ2) is 5.25. The highest BCUT2D eigenvalue weighted by Crippen LogP contribution is 2.18. The van der Waals surface area contributed by atoms with Gasteiger partial charge in [-0.15, -0.1) is 0 Å². The molecule has 0 bridgehead atoms. The Kier molecular flexibility index (Phi) is 4.24. The summed E-state index contributed by atoms with van der Waals surface area (Å²) < 4.78 is 0. The highest BCUT2D eigenvalue weighted by molar-refractivity contribution is 7.80. The standard InChI is InChI=1S/C12H19N3S/c1-12(2,3)5-7-14-9-4-6-15-10(8-9)11(13)16/h4,6,8H,5,7H2,1-3H3,(H2,13,16)(H,14,15). The molecule has 3 nitrogen and oxygen atoms in total. The lowest BCUT2D eigenvalue weighted by atomic mass is 9.92. The molecular formula is C12H19N3S. The van der Waals surface area contributed by atoms with Crippen LogP contribution in [-0.2, 0) is 0 Å². The predicted molar refractivity (Wildman–Crippen MR) is 72.7 cm³/mol. The Bertz CT molecular complexity index is 369. The van der Waals surface area contributed by atoms with E-state index in [0.29, 0.717) is 16.1 Å². The molecule has 1 aromatic heterocycles. The quantitative estimate of drug-likeness (QED) is 0.790. The van der Waals surface area contributed by atoms with Gasteiger partial charge in [0.05, 0.1) is 5.69 Å². The molecule has 1 rings (SSSR count). The van der Waals surface area contributed by atoms with Gasteiger partial charge < -0.3 is 11.1 Å². The number of hydrogen-bond donors (Lipinski definition) is 2. The summed E-state index contributed by atoms with van der Waals surface area (Å²) in [4.78, 5) is 4.42. The number of thiocarbonyl (C=S) groups is 1. The molecule has 0 radical (unpaired) electrons. The molecule has 0 unspecified atom stereocenters. The van der Waals surface area contributed by atoms with E-state index >= 15 is 0 Å². The Morgan fingerprint density at radius 3 is 2.75 bits per heavy atom. The Morgan fingerprint density at radius 2 is 2.19 bits per heavy atom. The van der Waals surface area contributed by atoms with E-state index in [9.17, 15) is 0 Å². The maximum atomic E-state index is 5.52. The fourth-order valence-electron chi connectivity index (χ4n) is 1.26. The molecule has 4 heteroatoms. The molecule has 0 aliphatic carbocycles. The highest BCUT2D eigenvalue weighted by Gasteiger charge is 2.09. The van der Waals surface area contributed by atoms with Crippen LogP contribution in [0.2, 0.25) is 0 Å². The molecule has 0 spiro atoms. The molecular weight excluding hydrogens is 218 g/mol. The van der Waals surface area contributed by atoms with E-state index in [1.54, 1.807) is 6.20 Å². The molecule has 16 heavy (non-hydrogen) atoms. The minimum Gasteiger partial charge on any atom is -0.388 e. The van der Waals surface area contributed by atoms with E-state index in [-0.39, 0.29) is 0 Å². The highest BCUT2D eigenvalue weighted by atomic mass is 32.1. The third-order valence-electron chi connectivity index (χ3n) is 2.22. The van der Waals surface area contributed by atoms with Crippen molar-refractivity contribution in [1.29, 1.82) is 0 Å². The lowest BCUT2D eigenvalue weighted by Crippen LogP contribution is -2.14. The number of anilines is 1. The fraction of sp³-hybridized carbons (Fsp3) is 0.500. The summed E-state index contributed by atoms with van der Waals surface area (Å²) in [5.74, 6) is 0. The van der Waals surface area contributed by atoms with Crippen molar-refractivity contribution >= 4 is 22.9 Å². The molecule has 0 fully saturated rings. The third kappa shape index (κ3) is 4.57. The van der Waals surface area contributed by atoms with Crippen LogP contribution in [0.4, 0.5) is 5.69 Å². The summed E-state index contributed by atoms with van der Waals surface area (Å²) in [6.45, 7) is 7.61. The first-order chi connectivity index (χ1) is 7.38. The van der Waals surface area contributed by atoms with Crippen molar-refractivity contribution in [2.24, 2.45) is 11.1 Å². The summed E-state index contributed by atoms with van der Waals surface area (Å²) >= 11 is 4.88. The van der Waals surface area contributed by atoms with E-state index in [4.69, 9.17) is 18.0 Å². The van der Waals surface area contributed by atoms with Gasteiger partial charge in [0.2, 0.25) is 0 Å². The number of aromatic nitrogens is 1. The maximum absolute atomic E-state index is 5.52. The first kappa shape index (κ1) is 12.9. The fourth-order valence-corrected chi connectivity index (χ4v) is 1.37. The first-order valence-electron chi connectivity index (χ1n) is 5.38. The van der Waals surface area contributed by atoms with Crippen molar-refractivity contribution in [3.05, 3.63) is 24.0 Å². The van der Waals surface area contributed by atoms with Crippen LogP contribution < -0.4 is 11.1 Å². The van der Waals surface area contributed by atoms with Gasteiger partial charge in [-0.2, -0.15) is 0 Å². The molecule has 1 heterocycles. The summed E-state index contributed by atoms with van der Waals surface area (Å²) in [6.07, 6.45) is 2.83. The van der Waals surface area contributed by atoms with E-state index in [1.165, 1.54) is 0 Å². The van der Waals surface area contributed by atoms with E-state index in [1.807, 2.05) is 12.1 Å². The molecule has 0 saturated carbocycles. The molecule has 1 aromatic rings. The third-order valence-corrected chi connectivity index (χ3v) is 2.43. The number of pyridine rings is 1. The average molecular weight is 237 g/mol. The number of hydrogen-bond acceptors (Lipinski definition) is 3. The van der Waals surface area contributed by atoms with Gasteiger partial charge in [0.25, 0.3) is 0 Å². The molecule has 0 saturated heterocycles. The van der Waals surface area contributed by atoms with Crippen LogP contribution in [0.3, 0.4) is 0 Å². The van der Waals surface area contributed by atoms with Gasteiger partial charge in [-0.25, -0.2) is 0 Å². The summed E-state index contributed by atoms with van der Waals surface area (Å²) in [5, 5.41) is 3.34. The molecule has 0 aliphatic heterocycles. The van der Waals surface area contributed by atoms with Crippen LogP contribution in [-0.4, -0.2) is 16.5 Å². The zero-order valence-electron chi connectivity index (χ0n) is 10.1. The van der Waals surface area contributed by atoms with Crippen molar-refractivity contribution in [3.63, 3.8) is 0 Å². The minimum atomic E-state index is 0.333. The zero-order chi connectivity index (χ0) is 12.2. The smallest absolute Gasteiger partial charge is 0.122 e. The van der Waals surface area contributed by atoms with Crippen LogP contribution in [0.15, 0.2) is 18.3 Å².